The van der Waals surface area contributed by atoms with E-state index < -0.39 is 21.7 Å². The summed E-state index contributed by atoms with van der Waals surface area (Å²) >= 11 is 3.28. The summed E-state index contributed by atoms with van der Waals surface area (Å²) in [5, 5.41) is 0. The summed E-state index contributed by atoms with van der Waals surface area (Å²) in [4.78, 5) is 14.3. The first-order chi connectivity index (χ1) is 12.4. The quantitative estimate of drug-likeness (QED) is 0.736. The Kier molecular flexibility index (Phi) is 5.74. The molecule has 1 aliphatic heterocycles. The highest BCUT2D eigenvalue weighted by molar-refractivity contribution is 9.10. The van der Waals surface area contributed by atoms with E-state index in [4.69, 9.17) is 0 Å². The van der Waals surface area contributed by atoms with Gasteiger partial charge in [0.1, 0.15) is 5.82 Å². The molecule has 0 bridgehead atoms. The maximum absolute atomic E-state index is 13.9. The van der Waals surface area contributed by atoms with Crippen LogP contribution in [0.2, 0.25) is 0 Å². The number of carbonyl (C=O) groups excluding carboxylic acids is 1. The van der Waals surface area contributed by atoms with Crippen LogP contribution < -0.4 is 0 Å². The number of nitrogens with zero attached hydrogens (tertiary/aromatic N) is 2. The molecule has 0 atom stereocenters. The van der Waals surface area contributed by atoms with Crippen molar-refractivity contribution in [3.8, 4) is 0 Å². The molecule has 26 heavy (non-hydrogen) atoms. The largest absolute Gasteiger partial charge is 0.337 e. The lowest BCUT2D eigenvalue weighted by molar-refractivity contribution is 0.0759. The molecule has 2 aromatic rings. The van der Waals surface area contributed by atoms with Crippen LogP contribution in [0.1, 0.15) is 16.8 Å². The van der Waals surface area contributed by atoms with Gasteiger partial charge in [-0.05, 0) is 36.8 Å². The van der Waals surface area contributed by atoms with E-state index in [-0.39, 0.29) is 23.5 Å². The van der Waals surface area contributed by atoms with Gasteiger partial charge in [0.2, 0.25) is 10.0 Å². The van der Waals surface area contributed by atoms with E-state index in [0.717, 1.165) is 0 Å². The summed E-state index contributed by atoms with van der Waals surface area (Å²) in [5.74, 6) is -0.981. The van der Waals surface area contributed by atoms with Crippen LogP contribution >= 0.6 is 15.9 Å². The summed E-state index contributed by atoms with van der Waals surface area (Å²) in [6, 6.07) is 12.4. The van der Waals surface area contributed by atoms with E-state index in [0.29, 0.717) is 24.0 Å². The van der Waals surface area contributed by atoms with Gasteiger partial charge in [0.05, 0.1) is 10.5 Å². The highest BCUT2D eigenvalue weighted by atomic mass is 79.9. The van der Waals surface area contributed by atoms with E-state index in [9.17, 15) is 17.6 Å². The van der Waals surface area contributed by atoms with E-state index in [1.807, 2.05) is 0 Å². The van der Waals surface area contributed by atoms with E-state index >= 15 is 0 Å². The minimum atomic E-state index is -3.64. The van der Waals surface area contributed by atoms with E-state index in [2.05, 4.69) is 15.9 Å². The zero-order chi connectivity index (χ0) is 18.7. The highest BCUT2D eigenvalue weighted by Gasteiger charge is 2.29. The molecule has 0 aromatic heterocycles. The van der Waals surface area contributed by atoms with Crippen LogP contribution in [0.4, 0.5) is 4.39 Å². The van der Waals surface area contributed by atoms with Gasteiger partial charge in [0.25, 0.3) is 5.91 Å². The van der Waals surface area contributed by atoms with Crippen molar-refractivity contribution in [3.05, 3.63) is 64.4 Å². The molecule has 0 radical (unpaired) electrons. The molecular weight excluding hydrogens is 423 g/mol. The molecule has 8 heteroatoms. The molecular formula is C18H18BrFN2O3S. The normalized spacial score (nSPS) is 16.3. The van der Waals surface area contributed by atoms with Crippen molar-refractivity contribution in [2.45, 2.75) is 11.3 Å². The molecule has 0 spiro atoms. The Hall–Kier alpha value is -1.77. The fourth-order valence-electron chi connectivity index (χ4n) is 2.92. The van der Waals surface area contributed by atoms with Crippen LogP contribution in [0.5, 0.6) is 0 Å². The van der Waals surface area contributed by atoms with Crippen molar-refractivity contribution in [1.82, 2.24) is 9.21 Å². The fraction of sp³-hybridized carbons (Fsp3) is 0.278. The molecule has 0 unspecified atom stereocenters. The number of sulfonamides is 1. The summed E-state index contributed by atoms with van der Waals surface area (Å²) in [5.41, 5.74) is 0.01000. The Morgan fingerprint density at radius 1 is 1.00 bits per heavy atom. The molecule has 2 aromatic carbocycles. The average molecular weight is 441 g/mol. The molecule has 1 saturated heterocycles. The molecule has 0 N–H and O–H groups in total. The Morgan fingerprint density at radius 3 is 2.50 bits per heavy atom. The third kappa shape index (κ3) is 3.97. The summed E-state index contributed by atoms with van der Waals surface area (Å²) in [6.07, 6.45) is 0.493. The molecule has 3 rings (SSSR count). The van der Waals surface area contributed by atoms with Gasteiger partial charge in [0.15, 0.2) is 0 Å². The number of halogens is 2. The minimum absolute atomic E-state index is 0.01000. The molecule has 1 amide bonds. The summed E-state index contributed by atoms with van der Waals surface area (Å²) < 4.78 is 41.6. The van der Waals surface area contributed by atoms with Gasteiger partial charge in [-0.15, -0.1) is 0 Å². The van der Waals surface area contributed by atoms with Crippen molar-refractivity contribution in [1.29, 1.82) is 0 Å². The van der Waals surface area contributed by atoms with Crippen LogP contribution in [0, 0.1) is 5.82 Å². The lowest BCUT2D eigenvalue weighted by Crippen LogP contribution is -2.37. The van der Waals surface area contributed by atoms with Crippen LogP contribution in [-0.4, -0.2) is 49.7 Å². The topological polar surface area (TPSA) is 57.7 Å². The minimum Gasteiger partial charge on any atom is -0.337 e. The van der Waals surface area contributed by atoms with Crippen molar-refractivity contribution >= 4 is 31.9 Å². The average Bonchev–Trinajstić information content (AvgIpc) is 2.88. The first-order valence-corrected chi connectivity index (χ1v) is 10.4. The third-order valence-electron chi connectivity index (χ3n) is 4.28. The molecule has 0 saturated carbocycles. The van der Waals surface area contributed by atoms with E-state index in [1.165, 1.54) is 27.4 Å². The maximum Gasteiger partial charge on any atom is 0.256 e. The molecule has 1 aliphatic rings. The lowest BCUT2D eigenvalue weighted by atomic mass is 10.2. The van der Waals surface area contributed by atoms with Gasteiger partial charge in [-0.2, -0.15) is 4.31 Å². The molecule has 5 nitrogen and oxygen atoms in total. The van der Waals surface area contributed by atoms with Gasteiger partial charge in [0, 0.05) is 30.7 Å². The molecule has 1 heterocycles. The predicted molar refractivity (Wildman–Crippen MR) is 99.8 cm³/mol. The number of hydrogen-bond donors (Lipinski definition) is 0. The van der Waals surface area contributed by atoms with Crippen molar-refractivity contribution in [2.75, 3.05) is 26.2 Å². The van der Waals surface area contributed by atoms with Crippen molar-refractivity contribution < 1.29 is 17.6 Å². The number of benzene rings is 2. The lowest BCUT2D eigenvalue weighted by Gasteiger charge is -2.22. The third-order valence-corrected chi connectivity index (χ3v) is 6.67. The van der Waals surface area contributed by atoms with Crippen LogP contribution in [0.3, 0.4) is 0 Å². The van der Waals surface area contributed by atoms with Crippen LogP contribution in [0.15, 0.2) is 57.9 Å². The number of hydrogen-bond acceptors (Lipinski definition) is 3. The Balaban J connectivity index is 1.76. The van der Waals surface area contributed by atoms with Gasteiger partial charge >= 0.3 is 0 Å². The van der Waals surface area contributed by atoms with Crippen molar-refractivity contribution in [2.24, 2.45) is 0 Å². The zero-order valence-corrected chi connectivity index (χ0v) is 16.3. The number of carbonyl (C=O) groups is 1. The highest BCUT2D eigenvalue weighted by Crippen LogP contribution is 2.22. The van der Waals surface area contributed by atoms with Crippen LogP contribution in [0.25, 0.3) is 0 Å². The second-order valence-corrected chi connectivity index (χ2v) is 8.84. The molecule has 0 aliphatic carbocycles. The first-order valence-electron chi connectivity index (χ1n) is 8.19. The van der Waals surface area contributed by atoms with Gasteiger partial charge in [-0.25, -0.2) is 12.8 Å². The van der Waals surface area contributed by atoms with Crippen molar-refractivity contribution in [3.63, 3.8) is 0 Å². The number of amides is 1. The second kappa shape index (κ2) is 7.85. The zero-order valence-electron chi connectivity index (χ0n) is 13.9. The SMILES string of the molecule is O=C(c1ccccc1F)N1CCCN(S(=O)(=O)c2cccc(Br)c2)CC1. The smallest absolute Gasteiger partial charge is 0.256 e. The molecule has 1 fully saturated rings. The summed E-state index contributed by atoms with van der Waals surface area (Å²) in [6.45, 7) is 1.10. The first kappa shape index (κ1) is 19.0. The van der Waals surface area contributed by atoms with Gasteiger partial charge in [-0.1, -0.05) is 34.1 Å². The maximum atomic E-state index is 13.9. The Labute approximate surface area is 160 Å². The Bertz CT molecular complexity index is 920. The Morgan fingerprint density at radius 2 is 1.77 bits per heavy atom. The monoisotopic (exact) mass is 440 g/mol. The standard InChI is InChI=1S/C18H18BrFN2O3S/c19-14-5-3-6-15(13-14)26(24,25)22-10-4-9-21(11-12-22)18(23)16-7-1-2-8-17(16)20/h1-3,5-8,13H,4,9-12H2. The van der Waals surface area contributed by atoms with Crippen LogP contribution in [-0.2, 0) is 10.0 Å². The molecule has 138 valence electrons. The predicted octanol–water partition coefficient (Wildman–Crippen LogP) is 3.13. The van der Waals surface area contributed by atoms with Gasteiger partial charge < -0.3 is 4.90 Å². The second-order valence-electron chi connectivity index (χ2n) is 5.99. The fourth-order valence-corrected chi connectivity index (χ4v) is 4.99. The van der Waals surface area contributed by atoms with E-state index in [1.54, 1.807) is 30.3 Å². The van der Waals surface area contributed by atoms with Gasteiger partial charge in [-0.3, -0.25) is 4.79 Å². The summed E-state index contributed by atoms with van der Waals surface area (Å²) in [7, 11) is -3.64. The number of rotatable bonds is 3.